The lowest BCUT2D eigenvalue weighted by Crippen LogP contribution is -2.12. The van der Waals surface area contributed by atoms with Gasteiger partial charge in [0.1, 0.15) is 6.61 Å². The average Bonchev–Trinajstić information content (AvgIpc) is 2.69. The Bertz CT molecular complexity index is 696. The second kappa shape index (κ2) is 11.8. The number of hydrogen-bond donors (Lipinski definition) is 1. The second-order valence-corrected chi connectivity index (χ2v) is 5.84. The van der Waals surface area contributed by atoms with Crippen LogP contribution in [0.5, 0.6) is 0 Å². The maximum absolute atomic E-state index is 11.7. The highest BCUT2D eigenvalue weighted by Gasteiger charge is 2.04. The first-order valence-electron chi connectivity index (χ1n) is 8.82. The number of carboxylic acid groups (broad SMARTS) is 1. The highest BCUT2D eigenvalue weighted by Crippen LogP contribution is 2.19. The molecule has 2 aromatic rings. The van der Waals surface area contributed by atoms with Crippen LogP contribution in [-0.4, -0.2) is 43.5 Å². The Morgan fingerprint density at radius 1 is 0.741 bits per heavy atom. The van der Waals surface area contributed by atoms with E-state index in [1.54, 1.807) is 0 Å². The third-order valence-corrected chi connectivity index (χ3v) is 3.74. The fourth-order valence-electron chi connectivity index (χ4n) is 2.30. The zero-order chi connectivity index (χ0) is 19.3. The van der Waals surface area contributed by atoms with Crippen LogP contribution >= 0.6 is 0 Å². The van der Waals surface area contributed by atoms with Gasteiger partial charge in [0.2, 0.25) is 0 Å². The van der Waals surface area contributed by atoms with Crippen molar-refractivity contribution in [1.29, 1.82) is 0 Å². The van der Waals surface area contributed by atoms with Gasteiger partial charge in [-0.15, -0.1) is 0 Å². The molecule has 0 amide bonds. The lowest BCUT2D eigenvalue weighted by atomic mass is 10.0. The molecule has 2 aromatic carbocycles. The highest BCUT2D eigenvalue weighted by molar-refractivity contribution is 5.69. The molecule has 6 nitrogen and oxygen atoms in total. The minimum atomic E-state index is -0.895. The Labute approximate surface area is 158 Å². The third-order valence-electron chi connectivity index (χ3n) is 3.74. The van der Waals surface area contributed by atoms with Crippen LogP contribution in [0.3, 0.4) is 0 Å². The van der Waals surface area contributed by atoms with Crippen molar-refractivity contribution in [3.05, 3.63) is 60.2 Å². The molecule has 27 heavy (non-hydrogen) atoms. The summed E-state index contributed by atoms with van der Waals surface area (Å²) in [5.74, 6) is -1.22. The predicted octanol–water partition coefficient (Wildman–Crippen LogP) is 3.29. The van der Waals surface area contributed by atoms with Crippen molar-refractivity contribution in [2.75, 3.05) is 26.4 Å². The van der Waals surface area contributed by atoms with E-state index in [2.05, 4.69) is 0 Å². The number of aliphatic carboxylic acids is 1. The van der Waals surface area contributed by atoms with Gasteiger partial charge in [0.25, 0.3) is 0 Å². The van der Waals surface area contributed by atoms with Crippen LogP contribution in [0.4, 0.5) is 0 Å². The lowest BCUT2D eigenvalue weighted by molar-refractivity contribution is -0.146. The summed E-state index contributed by atoms with van der Waals surface area (Å²) in [4.78, 5) is 22.0. The lowest BCUT2D eigenvalue weighted by Gasteiger charge is -2.07. The fraction of sp³-hybridized carbons (Fsp3) is 0.333. The summed E-state index contributed by atoms with van der Waals surface area (Å²) in [6.07, 6.45) is 0.135. The quantitative estimate of drug-likeness (QED) is 0.455. The van der Waals surface area contributed by atoms with E-state index in [0.29, 0.717) is 13.2 Å². The van der Waals surface area contributed by atoms with E-state index in [0.717, 1.165) is 16.7 Å². The number of carbonyl (C=O) groups excluding carboxylic acids is 1. The fourth-order valence-corrected chi connectivity index (χ4v) is 2.30. The van der Waals surface area contributed by atoms with E-state index in [1.165, 1.54) is 0 Å². The van der Waals surface area contributed by atoms with E-state index in [4.69, 9.17) is 19.3 Å². The van der Waals surface area contributed by atoms with Crippen molar-refractivity contribution in [3.63, 3.8) is 0 Å². The van der Waals surface area contributed by atoms with Gasteiger partial charge in [-0.3, -0.25) is 9.59 Å². The number of carboxylic acids is 1. The minimum absolute atomic E-state index is 0.0291. The maximum atomic E-state index is 11.7. The van der Waals surface area contributed by atoms with Crippen LogP contribution < -0.4 is 0 Å². The topological polar surface area (TPSA) is 82.1 Å². The van der Waals surface area contributed by atoms with Crippen LogP contribution in [0.1, 0.15) is 18.4 Å². The van der Waals surface area contributed by atoms with Gasteiger partial charge < -0.3 is 19.3 Å². The average molecular weight is 372 g/mol. The normalized spacial score (nSPS) is 10.5. The summed E-state index contributed by atoms with van der Waals surface area (Å²) in [5.41, 5.74) is 3.19. The van der Waals surface area contributed by atoms with Crippen molar-refractivity contribution in [1.82, 2.24) is 0 Å². The molecule has 0 saturated heterocycles. The molecule has 6 heteroatoms. The number of benzene rings is 2. The van der Waals surface area contributed by atoms with Gasteiger partial charge in [0, 0.05) is 0 Å². The molecule has 0 fully saturated rings. The smallest absolute Gasteiger partial charge is 0.308 e. The number of hydrogen-bond acceptors (Lipinski definition) is 5. The van der Waals surface area contributed by atoms with E-state index in [9.17, 15) is 9.59 Å². The molecule has 0 aliphatic rings. The summed E-state index contributed by atoms with van der Waals surface area (Å²) >= 11 is 0. The molecule has 2 rings (SSSR count). The van der Waals surface area contributed by atoms with Crippen LogP contribution in [-0.2, 0) is 30.4 Å². The Morgan fingerprint density at radius 3 is 1.96 bits per heavy atom. The number of rotatable bonds is 12. The Hall–Kier alpha value is -2.70. The molecule has 0 bridgehead atoms. The monoisotopic (exact) mass is 372 g/mol. The summed E-state index contributed by atoms with van der Waals surface area (Å²) in [6, 6.07) is 18.0. The molecular formula is C21H24O6. The number of esters is 1. The molecule has 144 valence electrons. The highest BCUT2D eigenvalue weighted by atomic mass is 16.5. The van der Waals surface area contributed by atoms with Gasteiger partial charge in [0.05, 0.1) is 39.3 Å². The standard InChI is InChI=1S/C21H24O6/c22-20(23)10-12-25-14-15-26-13-11-21(24)27-16-17-6-8-19(9-7-17)18-4-2-1-3-5-18/h1-9H,10-16H2,(H,22,23). The molecule has 0 aliphatic carbocycles. The molecular weight excluding hydrogens is 348 g/mol. The minimum Gasteiger partial charge on any atom is -0.481 e. The summed E-state index contributed by atoms with van der Waals surface area (Å²) < 4.78 is 15.6. The van der Waals surface area contributed by atoms with Gasteiger partial charge in [-0.25, -0.2) is 0 Å². The van der Waals surface area contributed by atoms with E-state index >= 15 is 0 Å². The first kappa shape index (κ1) is 20.6. The summed E-state index contributed by atoms with van der Waals surface area (Å²) in [7, 11) is 0. The van der Waals surface area contributed by atoms with E-state index in [1.807, 2.05) is 54.6 Å². The summed E-state index contributed by atoms with van der Waals surface area (Å²) in [6.45, 7) is 1.24. The SMILES string of the molecule is O=C(O)CCOCCOCCC(=O)OCc1ccc(-c2ccccc2)cc1. The van der Waals surface area contributed by atoms with E-state index in [-0.39, 0.29) is 38.6 Å². The Balaban J connectivity index is 1.57. The summed E-state index contributed by atoms with van der Waals surface area (Å²) in [5, 5.41) is 8.45. The molecule has 0 aromatic heterocycles. The first-order chi connectivity index (χ1) is 13.1. The van der Waals surface area contributed by atoms with Gasteiger partial charge in [-0.2, -0.15) is 0 Å². The van der Waals surface area contributed by atoms with Gasteiger partial charge in [0.15, 0.2) is 0 Å². The third kappa shape index (κ3) is 8.48. The van der Waals surface area contributed by atoms with Crippen LogP contribution in [0.15, 0.2) is 54.6 Å². The van der Waals surface area contributed by atoms with Crippen molar-refractivity contribution < 1.29 is 28.9 Å². The van der Waals surface area contributed by atoms with Crippen molar-refractivity contribution in [3.8, 4) is 11.1 Å². The number of ether oxygens (including phenoxy) is 3. The van der Waals surface area contributed by atoms with Crippen LogP contribution in [0.25, 0.3) is 11.1 Å². The predicted molar refractivity (Wildman–Crippen MR) is 100 cm³/mol. The first-order valence-corrected chi connectivity index (χ1v) is 8.82. The largest absolute Gasteiger partial charge is 0.481 e. The van der Waals surface area contributed by atoms with Crippen molar-refractivity contribution in [2.45, 2.75) is 19.4 Å². The molecule has 0 atom stereocenters. The van der Waals surface area contributed by atoms with Gasteiger partial charge >= 0.3 is 11.9 Å². The van der Waals surface area contributed by atoms with Crippen LogP contribution in [0.2, 0.25) is 0 Å². The van der Waals surface area contributed by atoms with Gasteiger partial charge in [-0.1, -0.05) is 54.6 Å². The molecule has 0 heterocycles. The molecule has 1 N–H and O–H groups in total. The van der Waals surface area contributed by atoms with Crippen molar-refractivity contribution in [2.24, 2.45) is 0 Å². The molecule has 0 spiro atoms. The zero-order valence-corrected chi connectivity index (χ0v) is 15.1. The van der Waals surface area contributed by atoms with E-state index < -0.39 is 5.97 Å². The van der Waals surface area contributed by atoms with Crippen LogP contribution in [0, 0.1) is 0 Å². The molecule has 0 unspecified atom stereocenters. The Morgan fingerprint density at radius 2 is 1.33 bits per heavy atom. The molecule has 0 saturated carbocycles. The second-order valence-electron chi connectivity index (χ2n) is 5.84. The number of carbonyl (C=O) groups is 2. The molecule has 0 radical (unpaired) electrons. The maximum Gasteiger partial charge on any atom is 0.308 e. The zero-order valence-electron chi connectivity index (χ0n) is 15.1. The molecule has 0 aliphatic heterocycles. The van der Waals surface area contributed by atoms with Crippen molar-refractivity contribution >= 4 is 11.9 Å². The van der Waals surface area contributed by atoms with Gasteiger partial charge in [-0.05, 0) is 16.7 Å². The Kier molecular flexibility index (Phi) is 9.03.